The molecule has 1 amide bonds. The van der Waals surface area contributed by atoms with E-state index >= 15 is 0 Å². The van der Waals surface area contributed by atoms with Crippen LogP contribution >= 0.6 is 11.3 Å². The van der Waals surface area contributed by atoms with Gasteiger partial charge in [0, 0.05) is 24.0 Å². The smallest absolute Gasteiger partial charge is 0.223 e. The Balaban J connectivity index is 1.64. The molecule has 3 rings (SSSR count). The van der Waals surface area contributed by atoms with Crippen LogP contribution in [-0.2, 0) is 24.3 Å². The highest BCUT2D eigenvalue weighted by atomic mass is 32.1. The van der Waals surface area contributed by atoms with Crippen LogP contribution in [0.2, 0.25) is 0 Å². The number of nitrogens with one attached hydrogen (secondary N) is 1. The van der Waals surface area contributed by atoms with Crippen molar-refractivity contribution in [2.24, 2.45) is 0 Å². The van der Waals surface area contributed by atoms with E-state index < -0.39 is 0 Å². The molecule has 1 N–H and O–H groups in total. The van der Waals surface area contributed by atoms with Crippen molar-refractivity contribution < 1.29 is 4.79 Å². The fourth-order valence-electron chi connectivity index (χ4n) is 2.70. The van der Waals surface area contributed by atoms with Gasteiger partial charge in [-0.3, -0.25) is 9.89 Å². The molecule has 0 aliphatic rings. The van der Waals surface area contributed by atoms with E-state index in [0.29, 0.717) is 19.5 Å². The summed E-state index contributed by atoms with van der Waals surface area (Å²) in [6.45, 7) is 3.24. The van der Waals surface area contributed by atoms with Gasteiger partial charge in [-0.1, -0.05) is 30.3 Å². The van der Waals surface area contributed by atoms with E-state index in [1.807, 2.05) is 47.9 Å². The van der Waals surface area contributed by atoms with Gasteiger partial charge in [-0.25, -0.2) is 4.98 Å². The number of benzene rings is 1. The van der Waals surface area contributed by atoms with E-state index in [1.54, 1.807) is 11.3 Å². The van der Waals surface area contributed by atoms with Crippen LogP contribution in [0.3, 0.4) is 0 Å². The molecule has 2 aromatic heterocycles. The van der Waals surface area contributed by atoms with Crippen LogP contribution in [0.15, 0.2) is 48.2 Å². The monoisotopic (exact) mass is 354 g/mol. The number of aryl methyl sites for hydroxylation is 2. The summed E-state index contributed by atoms with van der Waals surface area (Å²) >= 11 is 1.61. The lowest BCUT2D eigenvalue weighted by Gasteiger charge is -2.22. The fraction of sp³-hybridized carbons (Fsp3) is 0.316. The Kier molecular flexibility index (Phi) is 5.95. The zero-order valence-electron chi connectivity index (χ0n) is 14.3. The highest BCUT2D eigenvalue weighted by Gasteiger charge is 2.16. The number of carbonyl (C=O) groups excluding carboxylic acids is 1. The van der Waals surface area contributed by atoms with E-state index in [0.717, 1.165) is 34.5 Å². The quantitative estimate of drug-likeness (QED) is 0.670. The van der Waals surface area contributed by atoms with Crippen LogP contribution < -0.4 is 0 Å². The average molecular weight is 354 g/mol. The summed E-state index contributed by atoms with van der Waals surface area (Å²) in [5.74, 6) is 0.181. The second-order valence-electron chi connectivity index (χ2n) is 6.06. The van der Waals surface area contributed by atoms with Gasteiger partial charge in [-0.05, 0) is 30.9 Å². The van der Waals surface area contributed by atoms with Gasteiger partial charge >= 0.3 is 0 Å². The Bertz CT molecular complexity index is 783. The summed E-state index contributed by atoms with van der Waals surface area (Å²) in [5, 5.41) is 6.75. The molecule has 6 heteroatoms. The van der Waals surface area contributed by atoms with Crippen LogP contribution in [0.4, 0.5) is 0 Å². The fourth-order valence-corrected chi connectivity index (χ4v) is 3.50. The summed E-state index contributed by atoms with van der Waals surface area (Å²) in [4.78, 5) is 20.2. The minimum absolute atomic E-state index is 0.181. The van der Waals surface area contributed by atoms with Crippen molar-refractivity contribution >= 4 is 17.2 Å². The lowest BCUT2D eigenvalue weighted by atomic mass is 10.1. The Morgan fingerprint density at radius 2 is 2.04 bits per heavy atom. The summed E-state index contributed by atoms with van der Waals surface area (Å²) in [6, 6.07) is 10.1. The van der Waals surface area contributed by atoms with Gasteiger partial charge in [-0.15, -0.1) is 11.3 Å². The third-order valence-electron chi connectivity index (χ3n) is 4.16. The second kappa shape index (κ2) is 8.58. The topological polar surface area (TPSA) is 61.9 Å². The van der Waals surface area contributed by atoms with Crippen molar-refractivity contribution in [2.45, 2.75) is 39.3 Å². The molecular weight excluding hydrogens is 332 g/mol. The Morgan fingerprint density at radius 1 is 1.20 bits per heavy atom. The van der Waals surface area contributed by atoms with Gasteiger partial charge in [0.2, 0.25) is 5.91 Å². The Hall–Kier alpha value is -2.47. The number of rotatable bonds is 8. The molecule has 3 aromatic rings. The average Bonchev–Trinajstić information content (AvgIpc) is 3.27. The van der Waals surface area contributed by atoms with Crippen molar-refractivity contribution in [1.82, 2.24) is 20.1 Å². The van der Waals surface area contributed by atoms with Crippen LogP contribution in [0.1, 0.15) is 34.5 Å². The van der Waals surface area contributed by atoms with Crippen molar-refractivity contribution in [3.8, 4) is 0 Å². The van der Waals surface area contributed by atoms with Crippen LogP contribution in [-0.4, -0.2) is 26.0 Å². The first-order valence-electron chi connectivity index (χ1n) is 8.40. The van der Waals surface area contributed by atoms with Gasteiger partial charge < -0.3 is 4.90 Å². The SMILES string of the molecule is Cc1ncsc1CN(Cc1ccccc1)C(=O)CCCc1cn[nH]c1. The van der Waals surface area contributed by atoms with Crippen LogP contribution in [0.25, 0.3) is 0 Å². The van der Waals surface area contributed by atoms with Gasteiger partial charge in [0.15, 0.2) is 0 Å². The molecule has 0 aliphatic carbocycles. The molecule has 25 heavy (non-hydrogen) atoms. The zero-order valence-corrected chi connectivity index (χ0v) is 15.1. The van der Waals surface area contributed by atoms with E-state index in [9.17, 15) is 4.79 Å². The molecule has 0 unspecified atom stereocenters. The van der Waals surface area contributed by atoms with E-state index in [-0.39, 0.29) is 5.91 Å². The number of hydrogen-bond donors (Lipinski definition) is 1. The minimum Gasteiger partial charge on any atom is -0.333 e. The van der Waals surface area contributed by atoms with Crippen LogP contribution in [0.5, 0.6) is 0 Å². The van der Waals surface area contributed by atoms with Gasteiger partial charge in [0.1, 0.15) is 0 Å². The number of H-pyrrole nitrogens is 1. The molecule has 0 aliphatic heterocycles. The normalized spacial score (nSPS) is 10.8. The third kappa shape index (κ3) is 5.00. The molecule has 0 spiro atoms. The highest BCUT2D eigenvalue weighted by molar-refractivity contribution is 7.09. The molecular formula is C19H22N4OS. The lowest BCUT2D eigenvalue weighted by molar-refractivity contribution is -0.132. The summed E-state index contributed by atoms with van der Waals surface area (Å²) < 4.78 is 0. The van der Waals surface area contributed by atoms with E-state index in [1.165, 1.54) is 0 Å². The number of hydrogen-bond acceptors (Lipinski definition) is 4. The molecule has 0 radical (unpaired) electrons. The maximum Gasteiger partial charge on any atom is 0.223 e. The van der Waals surface area contributed by atoms with Gasteiger partial charge in [0.05, 0.1) is 23.9 Å². The van der Waals surface area contributed by atoms with Crippen LogP contribution in [0, 0.1) is 6.92 Å². The number of aromatic nitrogens is 3. The van der Waals surface area contributed by atoms with Crippen molar-refractivity contribution in [3.05, 3.63) is 69.9 Å². The predicted molar refractivity (Wildman–Crippen MR) is 99.1 cm³/mol. The first-order valence-corrected chi connectivity index (χ1v) is 9.28. The maximum atomic E-state index is 12.8. The summed E-state index contributed by atoms with van der Waals surface area (Å²) in [5.41, 5.74) is 5.14. The summed E-state index contributed by atoms with van der Waals surface area (Å²) in [6.07, 6.45) is 5.92. The first kappa shape index (κ1) is 17.4. The van der Waals surface area contributed by atoms with E-state index in [2.05, 4.69) is 27.3 Å². The van der Waals surface area contributed by atoms with Crippen molar-refractivity contribution in [1.29, 1.82) is 0 Å². The Labute approximate surface area is 151 Å². The maximum absolute atomic E-state index is 12.8. The first-order chi connectivity index (χ1) is 12.2. The summed E-state index contributed by atoms with van der Waals surface area (Å²) in [7, 11) is 0. The number of carbonyl (C=O) groups is 1. The predicted octanol–water partition coefficient (Wildman–Crippen LogP) is 3.73. The molecule has 0 bridgehead atoms. The molecule has 0 fully saturated rings. The second-order valence-corrected chi connectivity index (χ2v) is 7.00. The Morgan fingerprint density at radius 3 is 2.72 bits per heavy atom. The standard InChI is InChI=1S/C19H22N4OS/c1-15-18(25-14-20-15)13-23(12-16-6-3-2-4-7-16)19(24)9-5-8-17-10-21-22-11-17/h2-4,6-7,10-11,14H,5,8-9,12-13H2,1H3,(H,21,22). The molecule has 0 atom stereocenters. The number of thiazole rings is 1. The van der Waals surface area contributed by atoms with Crippen molar-refractivity contribution in [2.75, 3.05) is 0 Å². The number of amides is 1. The minimum atomic E-state index is 0.181. The number of nitrogens with zero attached hydrogens (tertiary/aromatic N) is 3. The van der Waals surface area contributed by atoms with E-state index in [4.69, 9.17) is 0 Å². The largest absolute Gasteiger partial charge is 0.333 e. The highest BCUT2D eigenvalue weighted by Crippen LogP contribution is 2.18. The van der Waals surface area contributed by atoms with Crippen molar-refractivity contribution in [3.63, 3.8) is 0 Å². The van der Waals surface area contributed by atoms with Gasteiger partial charge in [0.25, 0.3) is 0 Å². The molecule has 0 saturated carbocycles. The van der Waals surface area contributed by atoms with Gasteiger partial charge in [-0.2, -0.15) is 5.10 Å². The number of aromatic amines is 1. The molecule has 5 nitrogen and oxygen atoms in total. The molecule has 2 heterocycles. The molecule has 0 saturated heterocycles. The molecule has 130 valence electrons. The third-order valence-corrected chi connectivity index (χ3v) is 5.08. The lowest BCUT2D eigenvalue weighted by Crippen LogP contribution is -2.30. The molecule has 1 aromatic carbocycles. The zero-order chi connectivity index (χ0) is 17.5.